The van der Waals surface area contributed by atoms with Crippen molar-refractivity contribution in [2.75, 3.05) is 65.7 Å². The second kappa shape index (κ2) is 7.11. The lowest BCUT2D eigenvalue weighted by Crippen LogP contribution is -2.49. The average molecular weight is 351 g/mol. The summed E-state index contributed by atoms with van der Waals surface area (Å²) >= 11 is 0. The monoisotopic (exact) mass is 351 g/mol. The second-order valence-corrected chi connectivity index (χ2v) is 7.82. The van der Waals surface area contributed by atoms with Crippen molar-refractivity contribution in [3.63, 3.8) is 0 Å². The molecule has 25 heavy (non-hydrogen) atoms. The van der Waals surface area contributed by atoms with Crippen LogP contribution in [0, 0.1) is 11.3 Å². The summed E-state index contributed by atoms with van der Waals surface area (Å²) in [5, 5.41) is 0. The number of hydrogen-bond donors (Lipinski definition) is 0. The number of likely N-dealkylation sites (tertiary alicyclic amines) is 2. The molecule has 0 N–H and O–H groups in total. The standard InChI is InChI=1S/C18H29N3O4/c22-16(19-7-11-25-12-8-19)15-13-21(17(23)20-5-1-2-6-20)14-18(15)3-9-24-10-4-18/h15H,1-14H2/t15-/m1/s1. The van der Waals surface area contributed by atoms with E-state index in [0.717, 1.165) is 38.8 Å². The largest absolute Gasteiger partial charge is 0.381 e. The smallest absolute Gasteiger partial charge is 0.320 e. The van der Waals surface area contributed by atoms with Crippen molar-refractivity contribution in [2.24, 2.45) is 11.3 Å². The minimum atomic E-state index is -0.108. The molecule has 0 aromatic heterocycles. The second-order valence-electron chi connectivity index (χ2n) is 7.82. The van der Waals surface area contributed by atoms with Crippen LogP contribution in [0.5, 0.6) is 0 Å². The van der Waals surface area contributed by atoms with Gasteiger partial charge >= 0.3 is 6.03 Å². The molecular weight excluding hydrogens is 322 g/mol. The first-order valence-corrected chi connectivity index (χ1v) is 9.68. The lowest BCUT2D eigenvalue weighted by Gasteiger charge is -2.39. The molecule has 4 saturated heterocycles. The van der Waals surface area contributed by atoms with Crippen LogP contribution in [0.25, 0.3) is 0 Å². The van der Waals surface area contributed by atoms with Crippen molar-refractivity contribution in [2.45, 2.75) is 25.7 Å². The number of carbonyl (C=O) groups is 2. The minimum absolute atomic E-state index is 0.0962. The van der Waals surface area contributed by atoms with E-state index in [2.05, 4.69) is 0 Å². The average Bonchev–Trinajstić information content (AvgIpc) is 3.31. The predicted molar refractivity (Wildman–Crippen MR) is 91.2 cm³/mol. The molecule has 0 saturated carbocycles. The summed E-state index contributed by atoms with van der Waals surface area (Å²) in [6.45, 7) is 6.93. The van der Waals surface area contributed by atoms with E-state index >= 15 is 0 Å². The summed E-state index contributed by atoms with van der Waals surface area (Å²) in [6, 6.07) is 0.126. The van der Waals surface area contributed by atoms with Crippen molar-refractivity contribution in [1.82, 2.24) is 14.7 Å². The Morgan fingerprint density at radius 3 is 2.12 bits per heavy atom. The molecule has 0 radical (unpaired) electrons. The zero-order chi connectivity index (χ0) is 17.3. The van der Waals surface area contributed by atoms with Crippen molar-refractivity contribution in [3.8, 4) is 0 Å². The zero-order valence-electron chi connectivity index (χ0n) is 15.0. The van der Waals surface area contributed by atoms with Crippen LogP contribution in [0.1, 0.15) is 25.7 Å². The van der Waals surface area contributed by atoms with E-state index in [9.17, 15) is 9.59 Å². The molecule has 4 aliphatic heterocycles. The molecule has 1 atom stereocenters. The van der Waals surface area contributed by atoms with Gasteiger partial charge in [0, 0.05) is 57.9 Å². The first-order chi connectivity index (χ1) is 12.2. The van der Waals surface area contributed by atoms with Gasteiger partial charge in [-0.1, -0.05) is 0 Å². The van der Waals surface area contributed by atoms with Crippen molar-refractivity contribution < 1.29 is 19.1 Å². The van der Waals surface area contributed by atoms with Gasteiger partial charge in [0.05, 0.1) is 19.1 Å². The maximum atomic E-state index is 13.2. The third-order valence-corrected chi connectivity index (χ3v) is 6.40. The van der Waals surface area contributed by atoms with Crippen LogP contribution in [0.2, 0.25) is 0 Å². The highest BCUT2D eigenvalue weighted by atomic mass is 16.5. The number of nitrogens with zero attached hydrogens (tertiary/aromatic N) is 3. The van der Waals surface area contributed by atoms with Crippen LogP contribution < -0.4 is 0 Å². The van der Waals surface area contributed by atoms with Crippen LogP contribution in [0.15, 0.2) is 0 Å². The summed E-state index contributed by atoms with van der Waals surface area (Å²) in [6.07, 6.45) is 3.93. The normalized spacial score (nSPS) is 29.4. The molecule has 3 amide bonds. The Morgan fingerprint density at radius 1 is 0.800 bits per heavy atom. The summed E-state index contributed by atoms with van der Waals surface area (Å²) < 4.78 is 11.0. The summed E-state index contributed by atoms with van der Waals surface area (Å²) in [4.78, 5) is 32.0. The van der Waals surface area contributed by atoms with E-state index in [1.807, 2.05) is 14.7 Å². The minimum Gasteiger partial charge on any atom is -0.381 e. The van der Waals surface area contributed by atoms with E-state index in [1.54, 1.807) is 0 Å². The molecular formula is C18H29N3O4. The number of urea groups is 1. The number of ether oxygens (including phenoxy) is 2. The van der Waals surface area contributed by atoms with Crippen LogP contribution in [0.3, 0.4) is 0 Å². The molecule has 7 nitrogen and oxygen atoms in total. The Balaban J connectivity index is 1.52. The maximum Gasteiger partial charge on any atom is 0.320 e. The molecule has 0 bridgehead atoms. The first-order valence-electron chi connectivity index (χ1n) is 9.68. The van der Waals surface area contributed by atoms with Gasteiger partial charge in [0.15, 0.2) is 0 Å². The van der Waals surface area contributed by atoms with Gasteiger partial charge in [0.25, 0.3) is 0 Å². The molecule has 7 heteroatoms. The fourth-order valence-corrected chi connectivity index (χ4v) is 4.85. The Bertz CT molecular complexity index is 508. The van der Waals surface area contributed by atoms with Gasteiger partial charge in [-0.2, -0.15) is 0 Å². The van der Waals surface area contributed by atoms with Gasteiger partial charge in [0.1, 0.15) is 0 Å². The SMILES string of the molecule is O=C([C@H]1CN(C(=O)N2CCCC2)CC12CCOCC2)N1CCOCC1. The van der Waals surface area contributed by atoms with Crippen molar-refractivity contribution in [3.05, 3.63) is 0 Å². The number of amides is 3. The lowest BCUT2D eigenvalue weighted by atomic mass is 9.71. The van der Waals surface area contributed by atoms with Crippen LogP contribution >= 0.6 is 0 Å². The number of morpholine rings is 1. The van der Waals surface area contributed by atoms with Crippen LogP contribution in [-0.4, -0.2) is 92.3 Å². The fourth-order valence-electron chi connectivity index (χ4n) is 4.85. The Labute approximate surface area is 149 Å². The van der Waals surface area contributed by atoms with Crippen molar-refractivity contribution >= 4 is 11.9 Å². The highest BCUT2D eigenvalue weighted by molar-refractivity contribution is 5.83. The fraction of sp³-hybridized carbons (Fsp3) is 0.889. The van der Waals surface area contributed by atoms with Gasteiger partial charge in [0.2, 0.25) is 5.91 Å². The molecule has 0 unspecified atom stereocenters. The molecule has 4 fully saturated rings. The van der Waals surface area contributed by atoms with Gasteiger partial charge in [-0.25, -0.2) is 4.79 Å². The highest BCUT2D eigenvalue weighted by Gasteiger charge is 2.53. The third-order valence-electron chi connectivity index (χ3n) is 6.40. The summed E-state index contributed by atoms with van der Waals surface area (Å²) in [7, 11) is 0. The number of hydrogen-bond acceptors (Lipinski definition) is 4. The third kappa shape index (κ3) is 3.24. The van der Waals surface area contributed by atoms with Crippen molar-refractivity contribution in [1.29, 1.82) is 0 Å². The molecule has 0 aromatic carbocycles. The van der Waals surface area contributed by atoms with Crippen LogP contribution in [-0.2, 0) is 14.3 Å². The van der Waals surface area contributed by atoms with E-state index in [-0.39, 0.29) is 23.3 Å². The topological polar surface area (TPSA) is 62.3 Å². The molecule has 140 valence electrons. The zero-order valence-corrected chi connectivity index (χ0v) is 15.0. The quantitative estimate of drug-likeness (QED) is 0.701. The molecule has 4 rings (SSSR count). The molecule has 4 aliphatic rings. The van der Waals surface area contributed by atoms with E-state index in [1.165, 1.54) is 0 Å². The Kier molecular flexibility index (Phi) is 4.86. The van der Waals surface area contributed by atoms with E-state index in [4.69, 9.17) is 9.47 Å². The number of carbonyl (C=O) groups excluding carboxylic acids is 2. The molecule has 0 aliphatic carbocycles. The van der Waals surface area contributed by atoms with Gasteiger partial charge in [-0.15, -0.1) is 0 Å². The van der Waals surface area contributed by atoms with Gasteiger partial charge < -0.3 is 24.2 Å². The van der Waals surface area contributed by atoms with Crippen LogP contribution in [0.4, 0.5) is 4.79 Å². The first kappa shape index (κ1) is 17.1. The Morgan fingerprint density at radius 2 is 1.44 bits per heavy atom. The maximum absolute atomic E-state index is 13.2. The lowest BCUT2D eigenvalue weighted by molar-refractivity contribution is -0.144. The molecule has 1 spiro atoms. The van der Waals surface area contributed by atoms with Gasteiger partial charge in [-0.3, -0.25) is 4.79 Å². The number of rotatable bonds is 1. The van der Waals surface area contributed by atoms with Gasteiger partial charge in [-0.05, 0) is 25.7 Å². The Hall–Kier alpha value is -1.34. The molecule has 4 heterocycles. The van der Waals surface area contributed by atoms with E-state index in [0.29, 0.717) is 52.6 Å². The molecule has 0 aromatic rings. The summed E-state index contributed by atoms with van der Waals surface area (Å²) in [5.41, 5.74) is -0.108. The van der Waals surface area contributed by atoms with E-state index < -0.39 is 0 Å². The highest BCUT2D eigenvalue weighted by Crippen LogP contribution is 2.45. The predicted octanol–water partition coefficient (Wildman–Crippen LogP) is 0.790. The summed E-state index contributed by atoms with van der Waals surface area (Å²) in [5.74, 6) is 0.114.